The molecule has 1 aromatic rings. The van der Waals surface area contributed by atoms with Crippen molar-refractivity contribution in [3.05, 3.63) is 12.0 Å². The van der Waals surface area contributed by atoms with Gasteiger partial charge in [-0.15, -0.1) is 0 Å². The van der Waals surface area contributed by atoms with Gasteiger partial charge < -0.3 is 19.5 Å². The minimum absolute atomic E-state index is 0.171. The predicted octanol–water partition coefficient (Wildman–Crippen LogP) is 0.636. The lowest BCUT2D eigenvalue weighted by Gasteiger charge is -2.19. The molecule has 0 unspecified atom stereocenters. The predicted molar refractivity (Wildman–Crippen MR) is 80.2 cm³/mol. The summed E-state index contributed by atoms with van der Waals surface area (Å²) in [6, 6.07) is 0. The molecule has 1 rings (SSSR count). The molecule has 0 radical (unpaired) electrons. The maximum Gasteiger partial charge on any atom is 0.274 e. The smallest absolute Gasteiger partial charge is 0.274 e. The minimum Gasteiger partial charge on any atom is -0.393 e. The number of aliphatic hydroxyl groups is 1. The number of carbonyl (C=O) groups is 2. The van der Waals surface area contributed by atoms with Gasteiger partial charge >= 0.3 is 0 Å². The van der Waals surface area contributed by atoms with Gasteiger partial charge in [0.15, 0.2) is 11.5 Å². The summed E-state index contributed by atoms with van der Waals surface area (Å²) in [6.07, 6.45) is 4.25. The number of anilines is 1. The Morgan fingerprint density at radius 2 is 2.14 bits per heavy atom. The fourth-order valence-electron chi connectivity index (χ4n) is 2.04. The van der Waals surface area contributed by atoms with Crippen molar-refractivity contribution in [2.75, 3.05) is 25.5 Å². The molecule has 21 heavy (non-hydrogen) atoms. The number of amides is 2. The highest BCUT2D eigenvalue weighted by Crippen LogP contribution is 2.17. The molecular weight excluding hydrogens is 272 g/mol. The van der Waals surface area contributed by atoms with Gasteiger partial charge in [-0.3, -0.25) is 9.59 Å². The first-order valence-corrected chi connectivity index (χ1v) is 7.01. The van der Waals surface area contributed by atoms with Crippen molar-refractivity contribution in [3.8, 4) is 0 Å². The number of aryl methyl sites for hydroxylation is 1. The summed E-state index contributed by atoms with van der Waals surface area (Å²) in [5.41, 5.74) is 0.391. The lowest BCUT2D eigenvalue weighted by atomic mass is 10.1. The Kier molecular flexibility index (Phi) is 6.36. The molecule has 0 aromatic carbocycles. The minimum atomic E-state index is -0.309. The van der Waals surface area contributed by atoms with Crippen molar-refractivity contribution in [2.45, 2.75) is 32.3 Å². The first-order valence-electron chi connectivity index (χ1n) is 7.01. The Labute approximate surface area is 125 Å². The molecule has 0 bridgehead atoms. The van der Waals surface area contributed by atoms with E-state index in [1.165, 1.54) is 11.2 Å². The van der Waals surface area contributed by atoms with Gasteiger partial charge in [-0.1, -0.05) is 0 Å². The maximum absolute atomic E-state index is 12.5. The Bertz CT molecular complexity index is 485. The lowest BCUT2D eigenvalue weighted by molar-refractivity contribution is -0.107. The first kappa shape index (κ1) is 17.2. The number of aromatic nitrogens is 2. The SMILES string of the molecule is C[C@@H](O)CCCCN(C)C(=O)c1c(N(C)C=O)ncn1C. The summed E-state index contributed by atoms with van der Waals surface area (Å²) in [6.45, 7) is 2.35. The van der Waals surface area contributed by atoms with Crippen LogP contribution in [0.5, 0.6) is 0 Å². The van der Waals surface area contributed by atoms with Crippen molar-refractivity contribution in [1.29, 1.82) is 0 Å². The van der Waals surface area contributed by atoms with Crippen LogP contribution < -0.4 is 4.90 Å². The molecule has 0 aliphatic heterocycles. The lowest BCUT2D eigenvalue weighted by Crippen LogP contribution is -2.31. The van der Waals surface area contributed by atoms with Crippen LogP contribution in [0.3, 0.4) is 0 Å². The van der Waals surface area contributed by atoms with Crippen LogP contribution in [-0.4, -0.2) is 58.6 Å². The molecule has 1 atom stereocenters. The van der Waals surface area contributed by atoms with Gasteiger partial charge in [0, 0.05) is 27.7 Å². The summed E-state index contributed by atoms with van der Waals surface area (Å²) in [5, 5.41) is 9.21. The van der Waals surface area contributed by atoms with Crippen LogP contribution in [0.2, 0.25) is 0 Å². The molecule has 0 saturated heterocycles. The average molecular weight is 296 g/mol. The Balaban J connectivity index is 2.70. The standard InChI is InChI=1S/C14H24N4O3/c1-11(20)7-5-6-8-16(2)14(21)12-13(18(4)10-19)15-9-17(12)3/h9-11,20H,5-8H2,1-4H3/t11-/m1/s1. The topological polar surface area (TPSA) is 78.7 Å². The quantitative estimate of drug-likeness (QED) is 0.564. The number of carbonyl (C=O) groups excluding carboxylic acids is 2. The summed E-state index contributed by atoms with van der Waals surface area (Å²) < 4.78 is 1.62. The average Bonchev–Trinajstić information content (AvgIpc) is 2.83. The van der Waals surface area contributed by atoms with E-state index in [1.54, 1.807) is 37.5 Å². The second kappa shape index (κ2) is 7.78. The normalized spacial score (nSPS) is 12.0. The van der Waals surface area contributed by atoms with E-state index < -0.39 is 0 Å². The van der Waals surface area contributed by atoms with Gasteiger partial charge in [-0.25, -0.2) is 4.98 Å². The van der Waals surface area contributed by atoms with Gasteiger partial charge in [-0.2, -0.15) is 0 Å². The fourth-order valence-corrected chi connectivity index (χ4v) is 2.04. The molecular formula is C14H24N4O3. The largest absolute Gasteiger partial charge is 0.393 e. The van der Waals surface area contributed by atoms with Gasteiger partial charge in [-0.05, 0) is 26.2 Å². The number of unbranched alkanes of at least 4 members (excludes halogenated alkanes) is 1. The van der Waals surface area contributed by atoms with Crippen molar-refractivity contribution < 1.29 is 14.7 Å². The molecule has 0 saturated carbocycles. The van der Waals surface area contributed by atoms with Gasteiger partial charge in [0.1, 0.15) is 0 Å². The van der Waals surface area contributed by atoms with E-state index in [0.29, 0.717) is 24.5 Å². The summed E-state index contributed by atoms with van der Waals surface area (Å²) in [5.74, 6) is 0.184. The van der Waals surface area contributed by atoms with Crippen LogP contribution >= 0.6 is 0 Å². The van der Waals surface area contributed by atoms with E-state index in [0.717, 1.165) is 19.3 Å². The second-order valence-corrected chi connectivity index (χ2v) is 5.32. The molecule has 7 nitrogen and oxygen atoms in total. The zero-order chi connectivity index (χ0) is 16.0. The van der Waals surface area contributed by atoms with E-state index in [4.69, 9.17) is 0 Å². The zero-order valence-electron chi connectivity index (χ0n) is 13.1. The maximum atomic E-state index is 12.5. The molecule has 0 fully saturated rings. The van der Waals surface area contributed by atoms with E-state index in [1.807, 2.05) is 0 Å². The Morgan fingerprint density at radius 1 is 1.48 bits per heavy atom. The van der Waals surface area contributed by atoms with Crippen LogP contribution in [0, 0.1) is 0 Å². The molecule has 0 aliphatic rings. The molecule has 118 valence electrons. The summed E-state index contributed by atoms with van der Waals surface area (Å²) in [7, 11) is 5.01. The van der Waals surface area contributed by atoms with Crippen LogP contribution in [0.15, 0.2) is 6.33 Å². The Morgan fingerprint density at radius 3 is 2.71 bits per heavy atom. The first-order chi connectivity index (χ1) is 9.88. The third kappa shape index (κ3) is 4.56. The molecule has 0 aliphatic carbocycles. The van der Waals surface area contributed by atoms with E-state index in [2.05, 4.69) is 4.98 Å². The third-order valence-electron chi connectivity index (χ3n) is 3.32. The van der Waals surface area contributed by atoms with Gasteiger partial charge in [0.05, 0.1) is 12.4 Å². The molecule has 7 heteroatoms. The number of hydrogen-bond acceptors (Lipinski definition) is 4. The van der Waals surface area contributed by atoms with Gasteiger partial charge in [0.25, 0.3) is 5.91 Å². The summed E-state index contributed by atoms with van der Waals surface area (Å²) >= 11 is 0. The van der Waals surface area contributed by atoms with Crippen molar-refractivity contribution >= 4 is 18.1 Å². The highest BCUT2D eigenvalue weighted by Gasteiger charge is 2.22. The van der Waals surface area contributed by atoms with Crippen molar-refractivity contribution in [2.24, 2.45) is 7.05 Å². The third-order valence-corrected chi connectivity index (χ3v) is 3.32. The molecule has 1 N–H and O–H groups in total. The second-order valence-electron chi connectivity index (χ2n) is 5.32. The van der Waals surface area contributed by atoms with Crippen LogP contribution in [0.1, 0.15) is 36.7 Å². The Hall–Kier alpha value is -1.89. The highest BCUT2D eigenvalue weighted by molar-refractivity contribution is 5.99. The summed E-state index contributed by atoms with van der Waals surface area (Å²) in [4.78, 5) is 30.3. The number of nitrogens with zero attached hydrogens (tertiary/aromatic N) is 4. The number of rotatable bonds is 8. The van der Waals surface area contributed by atoms with E-state index in [9.17, 15) is 14.7 Å². The molecule has 2 amide bonds. The number of imidazole rings is 1. The monoisotopic (exact) mass is 296 g/mol. The van der Waals surface area contributed by atoms with Crippen LogP contribution in [0.25, 0.3) is 0 Å². The van der Waals surface area contributed by atoms with Crippen LogP contribution in [-0.2, 0) is 11.8 Å². The molecule has 0 spiro atoms. The fraction of sp³-hybridized carbons (Fsp3) is 0.643. The van der Waals surface area contributed by atoms with E-state index >= 15 is 0 Å². The zero-order valence-corrected chi connectivity index (χ0v) is 13.1. The molecule has 1 heterocycles. The number of hydrogen-bond donors (Lipinski definition) is 1. The van der Waals surface area contributed by atoms with Crippen molar-refractivity contribution in [3.63, 3.8) is 0 Å². The van der Waals surface area contributed by atoms with E-state index in [-0.39, 0.29) is 12.0 Å². The highest BCUT2D eigenvalue weighted by atomic mass is 16.3. The van der Waals surface area contributed by atoms with Crippen molar-refractivity contribution in [1.82, 2.24) is 14.5 Å². The number of aliphatic hydroxyl groups excluding tert-OH is 1. The van der Waals surface area contributed by atoms with Gasteiger partial charge in [0.2, 0.25) is 6.41 Å². The van der Waals surface area contributed by atoms with Crippen LogP contribution in [0.4, 0.5) is 5.82 Å². The molecule has 1 aromatic heterocycles.